The number of anilines is 2. The predicted octanol–water partition coefficient (Wildman–Crippen LogP) is 3.50. The van der Waals surface area contributed by atoms with Crippen LogP contribution >= 0.6 is 11.3 Å². The molecule has 0 saturated heterocycles. The third kappa shape index (κ3) is 6.44. The van der Waals surface area contributed by atoms with Gasteiger partial charge in [-0.15, -0.1) is 11.3 Å². The summed E-state index contributed by atoms with van der Waals surface area (Å²) in [5, 5.41) is 16.4. The van der Waals surface area contributed by atoms with Crippen LogP contribution < -0.4 is 16.4 Å². The Morgan fingerprint density at radius 2 is 1.97 bits per heavy atom. The molecule has 3 rings (SSSR count). The van der Waals surface area contributed by atoms with Gasteiger partial charge >= 0.3 is 6.18 Å². The van der Waals surface area contributed by atoms with Crippen molar-refractivity contribution in [2.45, 2.75) is 38.8 Å². The van der Waals surface area contributed by atoms with Gasteiger partial charge in [0.15, 0.2) is 6.23 Å². The van der Waals surface area contributed by atoms with E-state index in [1.54, 1.807) is 6.92 Å². The van der Waals surface area contributed by atoms with Crippen molar-refractivity contribution in [2.75, 3.05) is 25.1 Å². The number of nitrogens with two attached hydrogens (primary N) is 1. The summed E-state index contributed by atoms with van der Waals surface area (Å²) < 4.78 is 39.5. The van der Waals surface area contributed by atoms with E-state index in [0.717, 1.165) is 17.4 Å². The van der Waals surface area contributed by atoms with E-state index in [9.17, 15) is 23.1 Å². The monoisotopic (exact) mass is 509 g/mol. The second kappa shape index (κ2) is 10.5. The van der Waals surface area contributed by atoms with Gasteiger partial charge in [0.25, 0.3) is 5.91 Å². The SMILES string of the molecule is Cc1ccc(NC(O)c2cnc(C(C)NC(=O)c3ncnc(N)c3CN(C)C)s2)cc1C(F)(F)F. The number of rotatable bonds is 8. The predicted molar refractivity (Wildman–Crippen MR) is 127 cm³/mol. The van der Waals surface area contributed by atoms with Crippen molar-refractivity contribution < 1.29 is 23.1 Å². The molecule has 1 aromatic carbocycles. The lowest BCUT2D eigenvalue weighted by atomic mass is 10.1. The highest BCUT2D eigenvalue weighted by Gasteiger charge is 2.32. The fourth-order valence-electron chi connectivity index (χ4n) is 3.29. The number of benzene rings is 1. The van der Waals surface area contributed by atoms with Crippen molar-refractivity contribution in [3.8, 4) is 0 Å². The van der Waals surface area contributed by atoms with Crippen LogP contribution in [-0.4, -0.2) is 45.0 Å². The van der Waals surface area contributed by atoms with Gasteiger partial charge in [0.05, 0.1) is 16.5 Å². The van der Waals surface area contributed by atoms with Crippen LogP contribution in [0, 0.1) is 6.92 Å². The number of carbonyl (C=O) groups is 1. The van der Waals surface area contributed by atoms with Crippen molar-refractivity contribution in [1.29, 1.82) is 0 Å². The Bertz CT molecular complexity index is 1200. The lowest BCUT2D eigenvalue weighted by Gasteiger charge is -2.17. The zero-order valence-electron chi connectivity index (χ0n) is 19.5. The van der Waals surface area contributed by atoms with Gasteiger partial charge in [-0.25, -0.2) is 15.0 Å². The molecule has 0 aliphatic rings. The van der Waals surface area contributed by atoms with E-state index in [1.807, 2.05) is 19.0 Å². The lowest BCUT2D eigenvalue weighted by molar-refractivity contribution is -0.138. The van der Waals surface area contributed by atoms with Gasteiger partial charge in [-0.2, -0.15) is 13.2 Å². The maximum Gasteiger partial charge on any atom is 0.416 e. The molecular formula is C22H26F3N7O2S. The first-order valence-corrected chi connectivity index (χ1v) is 11.3. The van der Waals surface area contributed by atoms with Gasteiger partial charge in [0, 0.05) is 24.0 Å². The minimum atomic E-state index is -4.50. The summed E-state index contributed by atoms with van der Waals surface area (Å²) in [7, 11) is 3.65. The second-order valence-corrected chi connectivity index (χ2v) is 9.29. The van der Waals surface area contributed by atoms with E-state index in [4.69, 9.17) is 5.73 Å². The first-order chi connectivity index (χ1) is 16.4. The fraction of sp³-hybridized carbons (Fsp3) is 0.364. The number of nitrogens with zero attached hydrogens (tertiary/aromatic N) is 4. The number of hydrogen-bond acceptors (Lipinski definition) is 9. The molecule has 0 bridgehead atoms. The highest BCUT2D eigenvalue weighted by molar-refractivity contribution is 7.11. The number of carbonyl (C=O) groups excluding carboxylic acids is 1. The van der Waals surface area contributed by atoms with Crippen LogP contribution in [0.5, 0.6) is 0 Å². The minimum absolute atomic E-state index is 0.0846. The molecule has 5 N–H and O–H groups in total. The fourth-order valence-corrected chi connectivity index (χ4v) is 4.15. The number of aromatic nitrogens is 3. The van der Waals surface area contributed by atoms with E-state index in [0.29, 0.717) is 22.0 Å². The summed E-state index contributed by atoms with van der Waals surface area (Å²) >= 11 is 1.11. The third-order valence-corrected chi connectivity index (χ3v) is 6.28. The number of amides is 1. The van der Waals surface area contributed by atoms with Crippen molar-refractivity contribution in [1.82, 2.24) is 25.2 Å². The van der Waals surface area contributed by atoms with Crippen molar-refractivity contribution in [2.24, 2.45) is 0 Å². The molecule has 2 heterocycles. The maximum atomic E-state index is 13.2. The van der Waals surface area contributed by atoms with Crippen LogP contribution in [0.4, 0.5) is 24.7 Å². The van der Waals surface area contributed by atoms with Crippen LogP contribution in [0.15, 0.2) is 30.7 Å². The Kier molecular flexibility index (Phi) is 7.93. The summed E-state index contributed by atoms with van der Waals surface area (Å²) in [4.78, 5) is 27.3. The smallest absolute Gasteiger partial charge is 0.383 e. The molecule has 0 spiro atoms. The molecule has 2 atom stereocenters. The first kappa shape index (κ1) is 26.3. The molecule has 13 heteroatoms. The zero-order chi connectivity index (χ0) is 25.9. The van der Waals surface area contributed by atoms with E-state index < -0.39 is 29.9 Å². The van der Waals surface area contributed by atoms with Crippen LogP contribution in [0.1, 0.15) is 56.3 Å². The number of aryl methyl sites for hydroxylation is 1. The average Bonchev–Trinajstić information content (AvgIpc) is 3.26. The molecular weight excluding hydrogens is 483 g/mol. The quantitative estimate of drug-likeness (QED) is 0.340. The number of nitrogen functional groups attached to an aromatic ring is 1. The Labute approximate surface area is 204 Å². The molecule has 0 fully saturated rings. The van der Waals surface area contributed by atoms with Gasteiger partial charge in [-0.3, -0.25) is 4.79 Å². The lowest BCUT2D eigenvalue weighted by Crippen LogP contribution is -2.30. The number of hydrogen-bond donors (Lipinski definition) is 4. The Balaban J connectivity index is 1.71. The van der Waals surface area contributed by atoms with E-state index >= 15 is 0 Å². The molecule has 1 amide bonds. The number of halogens is 3. The second-order valence-electron chi connectivity index (χ2n) is 8.19. The molecule has 0 aliphatic carbocycles. The molecule has 9 nitrogen and oxygen atoms in total. The number of aliphatic hydroxyl groups excluding tert-OH is 1. The summed E-state index contributed by atoms with van der Waals surface area (Å²) in [6, 6.07) is 3.20. The number of thiazole rings is 1. The van der Waals surface area contributed by atoms with E-state index in [1.165, 1.54) is 31.6 Å². The molecule has 0 aliphatic heterocycles. The van der Waals surface area contributed by atoms with Gasteiger partial charge < -0.3 is 26.4 Å². The molecule has 3 aromatic rings. The number of nitrogens with one attached hydrogen (secondary N) is 2. The summed E-state index contributed by atoms with van der Waals surface area (Å²) in [6.45, 7) is 3.46. The average molecular weight is 510 g/mol. The maximum absolute atomic E-state index is 13.2. The van der Waals surface area contributed by atoms with Gasteiger partial charge in [0.2, 0.25) is 0 Å². The molecule has 35 heavy (non-hydrogen) atoms. The third-order valence-electron chi connectivity index (χ3n) is 5.04. The van der Waals surface area contributed by atoms with Gasteiger partial charge in [-0.1, -0.05) is 6.07 Å². The van der Waals surface area contributed by atoms with E-state index in [-0.39, 0.29) is 22.8 Å². The van der Waals surface area contributed by atoms with Gasteiger partial charge in [0.1, 0.15) is 22.8 Å². The molecule has 0 radical (unpaired) electrons. The Morgan fingerprint density at radius 1 is 1.26 bits per heavy atom. The van der Waals surface area contributed by atoms with Crippen LogP contribution in [0.3, 0.4) is 0 Å². The highest BCUT2D eigenvalue weighted by atomic mass is 32.1. The van der Waals surface area contributed by atoms with Gasteiger partial charge in [-0.05, 0) is 45.6 Å². The van der Waals surface area contributed by atoms with E-state index in [2.05, 4.69) is 25.6 Å². The Hall–Kier alpha value is -3.29. The van der Waals surface area contributed by atoms with Crippen LogP contribution in [0.25, 0.3) is 0 Å². The number of aliphatic hydroxyl groups is 1. The van der Waals surface area contributed by atoms with Crippen molar-refractivity contribution in [3.63, 3.8) is 0 Å². The first-order valence-electron chi connectivity index (χ1n) is 10.5. The molecule has 2 aromatic heterocycles. The minimum Gasteiger partial charge on any atom is -0.383 e. The normalized spacial score (nSPS) is 13.5. The van der Waals surface area contributed by atoms with Crippen LogP contribution in [-0.2, 0) is 12.7 Å². The molecule has 0 saturated carbocycles. The highest BCUT2D eigenvalue weighted by Crippen LogP contribution is 2.34. The zero-order valence-corrected chi connectivity index (χ0v) is 20.3. The summed E-state index contributed by atoms with van der Waals surface area (Å²) in [6.07, 6.45) is -3.17. The summed E-state index contributed by atoms with van der Waals surface area (Å²) in [5.74, 6) is -0.250. The Morgan fingerprint density at radius 3 is 2.63 bits per heavy atom. The molecule has 2 unspecified atom stereocenters. The molecule has 188 valence electrons. The topological polar surface area (TPSA) is 129 Å². The number of alkyl halides is 3. The largest absolute Gasteiger partial charge is 0.416 e. The van der Waals surface area contributed by atoms with Crippen molar-refractivity contribution in [3.05, 3.63) is 63.0 Å². The van der Waals surface area contributed by atoms with Crippen LogP contribution in [0.2, 0.25) is 0 Å². The van der Waals surface area contributed by atoms with Crippen molar-refractivity contribution >= 4 is 28.7 Å². The summed E-state index contributed by atoms with van der Waals surface area (Å²) in [5.41, 5.74) is 5.99. The standard InChI is InChI=1S/C22H26F3N7O2S/c1-11-5-6-13(7-15(11)22(23,24)25)31-19(33)16-8-27-21(35-16)12(2)30-20(34)17-14(9-32(3)4)18(26)29-10-28-17/h5-8,10,12,19,31,33H,9H2,1-4H3,(H,30,34)(H2,26,28,29).